The molecule has 0 spiro atoms. The van der Waals surface area contributed by atoms with Gasteiger partial charge in [0.25, 0.3) is 0 Å². The lowest BCUT2D eigenvalue weighted by Gasteiger charge is -2.39. The summed E-state index contributed by atoms with van der Waals surface area (Å²) >= 11 is 0. The van der Waals surface area contributed by atoms with E-state index in [1.54, 1.807) is 4.90 Å². The molecule has 33 heavy (non-hydrogen) atoms. The first-order valence-corrected chi connectivity index (χ1v) is 11.6. The Hall–Kier alpha value is -2.40. The lowest BCUT2D eigenvalue weighted by Crippen LogP contribution is -2.56. The summed E-state index contributed by atoms with van der Waals surface area (Å²) in [6.45, 7) is 9.32. The van der Waals surface area contributed by atoms with Gasteiger partial charge in [0.05, 0.1) is 11.6 Å². The van der Waals surface area contributed by atoms with E-state index < -0.39 is 23.6 Å². The van der Waals surface area contributed by atoms with Crippen LogP contribution < -0.4 is 11.5 Å². The van der Waals surface area contributed by atoms with Crippen LogP contribution in [0.25, 0.3) is 0 Å². The lowest BCUT2D eigenvalue weighted by atomic mass is 9.75. The summed E-state index contributed by atoms with van der Waals surface area (Å²) < 4.78 is 5.33. The van der Waals surface area contributed by atoms with Crippen LogP contribution in [0, 0.1) is 17.3 Å². The summed E-state index contributed by atoms with van der Waals surface area (Å²) in [6, 6.07) is 6.92. The number of nitrogens with two attached hydrogens (primary N) is 2. The second-order valence-electron chi connectivity index (χ2n) is 9.90. The lowest BCUT2D eigenvalue weighted by molar-refractivity contribution is -0.142. The number of ether oxygens (including phenoxy) is 1. The summed E-state index contributed by atoms with van der Waals surface area (Å²) in [5, 5.41) is 9.62. The molecule has 2 saturated heterocycles. The van der Waals surface area contributed by atoms with Crippen molar-refractivity contribution >= 4 is 11.8 Å². The Labute approximate surface area is 197 Å². The van der Waals surface area contributed by atoms with Gasteiger partial charge in [-0.3, -0.25) is 9.59 Å². The molecule has 2 unspecified atom stereocenters. The van der Waals surface area contributed by atoms with Gasteiger partial charge in [0.2, 0.25) is 11.8 Å². The van der Waals surface area contributed by atoms with Crippen LogP contribution in [0.4, 0.5) is 0 Å². The van der Waals surface area contributed by atoms with Crippen LogP contribution in [0.5, 0.6) is 0 Å². The van der Waals surface area contributed by atoms with E-state index in [2.05, 4.69) is 11.8 Å². The molecule has 7 nitrogen and oxygen atoms in total. The van der Waals surface area contributed by atoms with Gasteiger partial charge in [0, 0.05) is 31.7 Å². The Morgan fingerprint density at radius 2 is 1.88 bits per heavy atom. The molecule has 0 aliphatic carbocycles. The molecule has 2 aliphatic heterocycles. The summed E-state index contributed by atoms with van der Waals surface area (Å²) in [5.74, 6) is 5.25. The molecule has 3 rings (SSSR count). The van der Waals surface area contributed by atoms with E-state index >= 15 is 0 Å². The largest absolute Gasteiger partial charge is 0.390 e. The summed E-state index contributed by atoms with van der Waals surface area (Å²) in [5.41, 5.74) is 12.8. The van der Waals surface area contributed by atoms with Crippen molar-refractivity contribution in [3.8, 4) is 11.8 Å². The zero-order valence-electron chi connectivity index (χ0n) is 20.4. The van der Waals surface area contributed by atoms with Crippen molar-refractivity contribution in [1.29, 1.82) is 0 Å². The third kappa shape index (κ3) is 7.85. The summed E-state index contributed by atoms with van der Waals surface area (Å²) in [6.07, 6.45) is 3.68. The fraction of sp³-hybridized carbons (Fsp3) is 0.615. The first-order chi connectivity index (χ1) is 15.5. The van der Waals surface area contributed by atoms with Gasteiger partial charge < -0.3 is 26.2 Å². The number of nitrogens with zero attached hydrogens (tertiary/aromatic N) is 1. The number of rotatable bonds is 5. The molecule has 1 aromatic rings. The molecule has 2 fully saturated rings. The highest BCUT2D eigenvalue weighted by atomic mass is 16.5. The summed E-state index contributed by atoms with van der Waals surface area (Å²) in [7, 11) is 0. The minimum atomic E-state index is -0.641. The predicted octanol–water partition coefficient (Wildman–Crippen LogP) is 1.98. The number of likely N-dealkylation sites (tertiary alicyclic amines) is 1. The normalized spacial score (nSPS) is 20.7. The number of primary amides is 1. The maximum atomic E-state index is 12.5. The molecule has 7 heteroatoms. The van der Waals surface area contributed by atoms with Gasteiger partial charge in [-0.1, -0.05) is 25.0 Å². The number of benzene rings is 1. The van der Waals surface area contributed by atoms with E-state index in [9.17, 15) is 14.7 Å². The second-order valence-corrected chi connectivity index (χ2v) is 9.90. The monoisotopic (exact) mass is 457 g/mol. The number of hydrogen-bond acceptors (Lipinski definition) is 5. The van der Waals surface area contributed by atoms with Crippen LogP contribution in [0.3, 0.4) is 0 Å². The first-order valence-electron chi connectivity index (χ1n) is 11.6. The molecule has 0 aromatic heterocycles. The number of carbonyl (C=O) groups excluding carboxylic acids is 2. The zero-order valence-corrected chi connectivity index (χ0v) is 20.4. The third-order valence-electron chi connectivity index (χ3n) is 6.38. The van der Waals surface area contributed by atoms with E-state index in [4.69, 9.17) is 16.2 Å². The predicted molar refractivity (Wildman–Crippen MR) is 129 cm³/mol. The van der Waals surface area contributed by atoms with Gasteiger partial charge in [-0.25, -0.2) is 0 Å². The van der Waals surface area contributed by atoms with E-state index in [0.29, 0.717) is 32.6 Å². The van der Waals surface area contributed by atoms with Gasteiger partial charge in [0.15, 0.2) is 0 Å². The Morgan fingerprint density at radius 1 is 1.27 bits per heavy atom. The maximum Gasteiger partial charge on any atom is 0.240 e. The quantitative estimate of drug-likeness (QED) is 0.584. The second kappa shape index (κ2) is 11.6. The Bertz CT molecular complexity index is 858. The van der Waals surface area contributed by atoms with Crippen molar-refractivity contribution < 1.29 is 19.4 Å². The van der Waals surface area contributed by atoms with E-state index in [1.165, 1.54) is 0 Å². The first kappa shape index (κ1) is 26.8. The van der Waals surface area contributed by atoms with Crippen molar-refractivity contribution in [3.05, 3.63) is 35.4 Å². The van der Waals surface area contributed by atoms with Crippen molar-refractivity contribution in [2.24, 2.45) is 16.9 Å². The molecule has 1 aromatic carbocycles. The SMILES string of the molecule is CC#Cc1ccc(CC(C)(C)O)cc1.CC1(C(N)C(=O)N2CCCC2C(N)=O)CCOCC1. The average molecular weight is 458 g/mol. The average Bonchev–Trinajstić information content (AvgIpc) is 3.25. The molecule has 2 atom stereocenters. The topological polar surface area (TPSA) is 119 Å². The van der Waals surface area contributed by atoms with Crippen molar-refractivity contribution in [1.82, 2.24) is 4.90 Å². The zero-order chi connectivity index (χ0) is 24.6. The molecule has 2 amide bonds. The van der Waals surface area contributed by atoms with Gasteiger partial charge in [-0.2, -0.15) is 0 Å². The standard InChI is InChI=1S/C13H23N3O3.C13H16O/c1-13(4-7-19-8-5-13)10(14)12(18)16-6-2-3-9(16)11(15)17;1-4-5-11-6-8-12(9-7-11)10-13(2,3)14/h9-10H,2-8,14H2,1H3,(H2,15,17);6-9,14H,10H2,1-3H3. The smallest absolute Gasteiger partial charge is 0.240 e. The minimum Gasteiger partial charge on any atom is -0.390 e. The highest BCUT2D eigenvalue weighted by Gasteiger charge is 2.43. The molecule has 0 saturated carbocycles. The van der Waals surface area contributed by atoms with Crippen LogP contribution in [0.15, 0.2) is 24.3 Å². The highest BCUT2D eigenvalue weighted by Crippen LogP contribution is 2.34. The third-order valence-corrected chi connectivity index (χ3v) is 6.38. The van der Waals surface area contributed by atoms with E-state index in [1.807, 2.05) is 52.0 Å². The molecule has 182 valence electrons. The van der Waals surface area contributed by atoms with Gasteiger partial charge in [0.1, 0.15) is 6.04 Å². The van der Waals surface area contributed by atoms with Crippen LogP contribution in [0.2, 0.25) is 0 Å². The summed E-state index contributed by atoms with van der Waals surface area (Å²) in [4.78, 5) is 25.4. The van der Waals surface area contributed by atoms with Crippen LogP contribution >= 0.6 is 0 Å². The number of aliphatic hydroxyl groups is 1. The van der Waals surface area contributed by atoms with Gasteiger partial charge >= 0.3 is 0 Å². The molecule has 0 radical (unpaired) electrons. The molecule has 0 bridgehead atoms. The fourth-order valence-corrected chi connectivity index (χ4v) is 4.30. The Kier molecular flexibility index (Phi) is 9.47. The van der Waals surface area contributed by atoms with Crippen LogP contribution in [-0.2, 0) is 20.7 Å². The molecular formula is C26H39N3O4. The van der Waals surface area contributed by atoms with Crippen molar-refractivity contribution in [3.63, 3.8) is 0 Å². The number of hydrogen-bond donors (Lipinski definition) is 3. The number of carbonyl (C=O) groups is 2. The van der Waals surface area contributed by atoms with Crippen molar-refractivity contribution in [2.75, 3.05) is 19.8 Å². The fourth-order valence-electron chi connectivity index (χ4n) is 4.30. The van der Waals surface area contributed by atoms with Crippen molar-refractivity contribution in [2.45, 2.75) is 77.5 Å². The van der Waals surface area contributed by atoms with Crippen LogP contribution in [0.1, 0.15) is 64.5 Å². The molecular weight excluding hydrogens is 418 g/mol. The van der Waals surface area contributed by atoms with Gasteiger partial charge in [-0.15, -0.1) is 5.92 Å². The molecule has 5 N–H and O–H groups in total. The molecule has 2 aliphatic rings. The highest BCUT2D eigenvalue weighted by molar-refractivity contribution is 5.90. The maximum absolute atomic E-state index is 12.5. The van der Waals surface area contributed by atoms with Gasteiger partial charge in [-0.05, 0) is 69.6 Å². The van der Waals surface area contributed by atoms with Crippen LogP contribution in [-0.4, -0.2) is 59.3 Å². The Morgan fingerprint density at radius 3 is 2.39 bits per heavy atom. The molecule has 2 heterocycles. The number of amides is 2. The minimum absolute atomic E-state index is 0.147. The van der Waals surface area contributed by atoms with E-state index in [0.717, 1.165) is 30.4 Å². The Balaban J connectivity index is 0.000000245. The van der Waals surface area contributed by atoms with E-state index in [-0.39, 0.29) is 11.3 Å².